The van der Waals surface area contributed by atoms with E-state index in [9.17, 15) is 9.50 Å². The number of likely N-dealkylation sites (N-methyl/N-ethyl adjacent to an activating group) is 1. The number of hydrogen-bond donors (Lipinski definition) is 1. The number of aliphatic hydroxyl groups is 1. The van der Waals surface area contributed by atoms with E-state index >= 15 is 0 Å². The van der Waals surface area contributed by atoms with E-state index in [0.29, 0.717) is 22.8 Å². The van der Waals surface area contributed by atoms with Crippen molar-refractivity contribution in [2.75, 3.05) is 20.6 Å². The molecule has 0 aliphatic heterocycles. The maximum Gasteiger partial charge on any atom is 0.142 e. The largest absolute Gasteiger partial charge is 0.382 e. The number of halogens is 3. The van der Waals surface area contributed by atoms with Gasteiger partial charge in [0.25, 0.3) is 0 Å². The van der Waals surface area contributed by atoms with Crippen molar-refractivity contribution in [3.05, 3.63) is 51.5 Å². The van der Waals surface area contributed by atoms with Crippen molar-refractivity contribution >= 4 is 23.2 Å². The van der Waals surface area contributed by atoms with E-state index in [1.54, 1.807) is 10.7 Å². The zero-order valence-corrected chi connectivity index (χ0v) is 13.2. The molecule has 2 rings (SSSR count). The van der Waals surface area contributed by atoms with Crippen LogP contribution in [0.1, 0.15) is 17.4 Å². The van der Waals surface area contributed by atoms with Crippen LogP contribution in [0.15, 0.2) is 24.4 Å². The zero-order chi connectivity index (χ0) is 15.6. The van der Waals surface area contributed by atoms with Crippen molar-refractivity contribution in [3.63, 3.8) is 0 Å². The zero-order valence-electron chi connectivity index (χ0n) is 11.7. The van der Waals surface area contributed by atoms with E-state index in [-0.39, 0.29) is 5.02 Å². The fourth-order valence-electron chi connectivity index (χ4n) is 1.96. The molecule has 0 spiro atoms. The lowest BCUT2D eigenvalue weighted by Gasteiger charge is -2.16. The van der Waals surface area contributed by atoms with Crippen molar-refractivity contribution < 1.29 is 9.50 Å². The van der Waals surface area contributed by atoms with Crippen molar-refractivity contribution in [1.82, 2.24) is 14.7 Å². The Balaban J connectivity index is 2.31. The summed E-state index contributed by atoms with van der Waals surface area (Å²) in [6.07, 6.45) is 0.413. The van der Waals surface area contributed by atoms with Crippen LogP contribution in [0.3, 0.4) is 0 Å². The van der Waals surface area contributed by atoms with E-state index in [0.717, 1.165) is 6.54 Å². The summed E-state index contributed by atoms with van der Waals surface area (Å²) in [5.74, 6) is -0.580. The molecule has 0 saturated carbocycles. The fraction of sp³-hybridized carbons (Fsp3) is 0.357. The van der Waals surface area contributed by atoms with Gasteiger partial charge in [0.1, 0.15) is 11.9 Å². The molecule has 2 aromatic rings. The first-order valence-electron chi connectivity index (χ1n) is 6.39. The number of nitrogens with zero attached hydrogens (tertiary/aromatic N) is 3. The maximum absolute atomic E-state index is 13.5. The Morgan fingerprint density at radius 3 is 2.67 bits per heavy atom. The molecule has 7 heteroatoms. The predicted molar refractivity (Wildman–Crippen MR) is 81.3 cm³/mol. The second-order valence-electron chi connectivity index (χ2n) is 4.98. The quantitative estimate of drug-likeness (QED) is 0.915. The average Bonchev–Trinajstić information content (AvgIpc) is 2.80. The molecule has 1 heterocycles. The lowest BCUT2D eigenvalue weighted by Crippen LogP contribution is -2.21. The van der Waals surface area contributed by atoms with Crippen LogP contribution in [0.4, 0.5) is 4.39 Å². The summed E-state index contributed by atoms with van der Waals surface area (Å²) in [5.41, 5.74) is 0.825. The summed E-state index contributed by atoms with van der Waals surface area (Å²) in [7, 11) is 3.88. The molecule has 0 saturated heterocycles. The van der Waals surface area contributed by atoms with Gasteiger partial charge in [-0.25, -0.2) is 4.39 Å². The summed E-state index contributed by atoms with van der Waals surface area (Å²) in [5, 5.41) is 15.0. The molecule has 1 aromatic carbocycles. The second kappa shape index (κ2) is 6.75. The van der Waals surface area contributed by atoms with E-state index in [1.807, 2.05) is 19.0 Å². The summed E-state index contributed by atoms with van der Waals surface area (Å²) >= 11 is 11.8. The summed E-state index contributed by atoms with van der Waals surface area (Å²) in [4.78, 5) is 1.99. The Hall–Kier alpha value is -1.14. The van der Waals surface area contributed by atoms with Gasteiger partial charge in [-0.1, -0.05) is 29.3 Å². The normalized spacial score (nSPS) is 12.9. The van der Waals surface area contributed by atoms with Crippen LogP contribution in [-0.4, -0.2) is 40.4 Å². The van der Waals surface area contributed by atoms with Gasteiger partial charge in [0.2, 0.25) is 0 Å². The molecule has 0 fully saturated rings. The van der Waals surface area contributed by atoms with E-state index in [2.05, 4.69) is 5.10 Å². The molecule has 4 nitrogen and oxygen atoms in total. The summed E-state index contributed by atoms with van der Waals surface area (Å²) < 4.78 is 15.2. The van der Waals surface area contributed by atoms with Crippen molar-refractivity contribution in [3.8, 4) is 0 Å². The molecule has 1 unspecified atom stereocenters. The van der Waals surface area contributed by atoms with E-state index in [1.165, 1.54) is 18.3 Å². The minimum Gasteiger partial charge on any atom is -0.382 e. The molecule has 114 valence electrons. The van der Waals surface area contributed by atoms with Crippen LogP contribution in [0.25, 0.3) is 0 Å². The average molecular weight is 332 g/mol. The smallest absolute Gasteiger partial charge is 0.142 e. The molecule has 0 aliphatic rings. The maximum atomic E-state index is 13.5. The van der Waals surface area contributed by atoms with Crippen LogP contribution >= 0.6 is 23.2 Å². The van der Waals surface area contributed by atoms with Crippen LogP contribution in [0.5, 0.6) is 0 Å². The van der Waals surface area contributed by atoms with Gasteiger partial charge in [-0.05, 0) is 31.8 Å². The fourth-order valence-corrected chi connectivity index (χ4v) is 2.32. The Morgan fingerprint density at radius 2 is 2.05 bits per heavy atom. The molecule has 0 bridgehead atoms. The molecule has 1 atom stereocenters. The van der Waals surface area contributed by atoms with Gasteiger partial charge in [-0.2, -0.15) is 5.10 Å². The standard InChI is InChI=1S/C14H16Cl2FN3O/c1-19(2)5-6-20-13(11(16)8-18-20)14(21)9-3-4-10(15)12(17)7-9/h3-4,7-8,14,21H,5-6H2,1-2H3. The Morgan fingerprint density at radius 1 is 1.33 bits per heavy atom. The van der Waals surface area contributed by atoms with Gasteiger partial charge >= 0.3 is 0 Å². The number of hydrogen-bond acceptors (Lipinski definition) is 3. The Bertz CT molecular complexity index is 631. The number of aliphatic hydroxyl groups excluding tert-OH is 1. The summed E-state index contributed by atoms with van der Waals surface area (Å²) in [6.45, 7) is 1.31. The Kier molecular flexibility index (Phi) is 5.22. The van der Waals surface area contributed by atoms with Gasteiger partial charge < -0.3 is 10.0 Å². The first-order chi connectivity index (χ1) is 9.90. The lowest BCUT2D eigenvalue weighted by atomic mass is 10.1. The first kappa shape index (κ1) is 16.2. The highest BCUT2D eigenvalue weighted by Gasteiger charge is 2.21. The lowest BCUT2D eigenvalue weighted by molar-refractivity contribution is 0.205. The second-order valence-corrected chi connectivity index (χ2v) is 5.79. The molecule has 0 aliphatic carbocycles. The third-order valence-electron chi connectivity index (χ3n) is 3.11. The topological polar surface area (TPSA) is 41.3 Å². The SMILES string of the molecule is CN(C)CCn1ncc(Cl)c1C(O)c1ccc(Cl)c(F)c1. The van der Waals surface area contributed by atoms with Crippen LogP contribution in [0.2, 0.25) is 10.0 Å². The van der Waals surface area contributed by atoms with Crippen molar-refractivity contribution in [2.45, 2.75) is 12.6 Å². The monoisotopic (exact) mass is 331 g/mol. The molecular weight excluding hydrogens is 316 g/mol. The molecule has 1 aromatic heterocycles. The minimum absolute atomic E-state index is 0.0122. The molecule has 0 amide bonds. The molecule has 21 heavy (non-hydrogen) atoms. The van der Waals surface area contributed by atoms with Gasteiger partial charge in [-0.15, -0.1) is 0 Å². The van der Waals surface area contributed by atoms with Gasteiger partial charge in [0.05, 0.1) is 28.5 Å². The number of aromatic nitrogens is 2. The van der Waals surface area contributed by atoms with Crippen molar-refractivity contribution in [1.29, 1.82) is 0 Å². The van der Waals surface area contributed by atoms with Crippen molar-refractivity contribution in [2.24, 2.45) is 0 Å². The third-order valence-corrected chi connectivity index (χ3v) is 3.71. The third kappa shape index (κ3) is 3.74. The molecular formula is C14H16Cl2FN3O. The molecule has 0 radical (unpaired) electrons. The van der Waals surface area contributed by atoms with Crippen LogP contribution in [0, 0.1) is 5.82 Å². The number of rotatable bonds is 5. The van der Waals surface area contributed by atoms with E-state index < -0.39 is 11.9 Å². The summed E-state index contributed by atoms with van der Waals surface area (Å²) in [6, 6.07) is 4.17. The predicted octanol–water partition coefficient (Wildman–Crippen LogP) is 2.97. The van der Waals surface area contributed by atoms with Gasteiger partial charge in [0.15, 0.2) is 0 Å². The van der Waals surface area contributed by atoms with E-state index in [4.69, 9.17) is 23.2 Å². The van der Waals surface area contributed by atoms with Crippen LogP contribution < -0.4 is 0 Å². The first-order valence-corrected chi connectivity index (χ1v) is 7.14. The van der Waals surface area contributed by atoms with Gasteiger partial charge in [-0.3, -0.25) is 4.68 Å². The highest BCUT2D eigenvalue weighted by Crippen LogP contribution is 2.29. The van der Waals surface area contributed by atoms with Gasteiger partial charge in [0, 0.05) is 6.54 Å². The highest BCUT2D eigenvalue weighted by molar-refractivity contribution is 6.31. The number of benzene rings is 1. The highest BCUT2D eigenvalue weighted by atomic mass is 35.5. The molecule has 1 N–H and O–H groups in total. The minimum atomic E-state index is -1.06. The van der Waals surface area contributed by atoms with Crippen LogP contribution in [-0.2, 0) is 6.54 Å². The Labute approximate surface area is 132 Å².